The van der Waals surface area contributed by atoms with E-state index in [-0.39, 0.29) is 6.04 Å². The Hall–Kier alpha value is -1.81. The van der Waals surface area contributed by atoms with Gasteiger partial charge in [0.15, 0.2) is 0 Å². The van der Waals surface area contributed by atoms with Crippen molar-refractivity contribution in [2.45, 2.75) is 19.9 Å². The van der Waals surface area contributed by atoms with Gasteiger partial charge in [0, 0.05) is 18.6 Å². The van der Waals surface area contributed by atoms with Crippen LogP contribution in [0.3, 0.4) is 0 Å². The molecule has 88 valence electrons. The van der Waals surface area contributed by atoms with Crippen LogP contribution in [-0.2, 0) is 0 Å². The predicted octanol–water partition coefficient (Wildman–Crippen LogP) is 1.88. The Morgan fingerprint density at radius 1 is 1.18 bits per heavy atom. The molecule has 0 fully saturated rings. The van der Waals surface area contributed by atoms with Gasteiger partial charge in [-0.2, -0.15) is 10.2 Å². The van der Waals surface area contributed by atoms with Crippen LogP contribution in [-0.4, -0.2) is 21.7 Å². The Balaban J connectivity index is 2.35. The van der Waals surface area contributed by atoms with Crippen molar-refractivity contribution in [2.75, 3.05) is 6.54 Å². The van der Waals surface area contributed by atoms with E-state index in [2.05, 4.69) is 33.5 Å². The van der Waals surface area contributed by atoms with Crippen LogP contribution in [0.25, 0.3) is 0 Å². The molecular weight excluding hydrogens is 212 g/mol. The molecule has 2 rings (SSSR count). The summed E-state index contributed by atoms with van der Waals surface area (Å²) >= 11 is 0. The molecule has 0 spiro atoms. The van der Waals surface area contributed by atoms with Crippen LogP contribution in [0.5, 0.6) is 0 Å². The minimum Gasteiger partial charge on any atom is -0.306 e. The Morgan fingerprint density at radius 3 is 2.71 bits per heavy atom. The highest BCUT2D eigenvalue weighted by molar-refractivity contribution is 5.29. The molecule has 0 aliphatic rings. The molecule has 1 N–H and O–H groups in total. The molecule has 4 nitrogen and oxygen atoms in total. The summed E-state index contributed by atoms with van der Waals surface area (Å²) in [4.78, 5) is 4.24. The summed E-state index contributed by atoms with van der Waals surface area (Å²) in [6, 6.07) is 4.24. The molecule has 2 heterocycles. The second kappa shape index (κ2) is 5.50. The first kappa shape index (κ1) is 11.7. The highest BCUT2D eigenvalue weighted by Gasteiger charge is 2.13. The molecule has 1 unspecified atom stereocenters. The van der Waals surface area contributed by atoms with Crippen molar-refractivity contribution in [3.8, 4) is 0 Å². The molecular formula is C13H16N4. The maximum Gasteiger partial charge on any atom is 0.0608 e. The number of hydrogen-bond acceptors (Lipinski definition) is 4. The van der Waals surface area contributed by atoms with E-state index in [1.54, 1.807) is 12.4 Å². The van der Waals surface area contributed by atoms with Gasteiger partial charge in [-0.15, -0.1) is 0 Å². The maximum absolute atomic E-state index is 4.24. The Morgan fingerprint density at radius 2 is 2.06 bits per heavy atom. The zero-order chi connectivity index (χ0) is 12.1. The number of aromatic nitrogens is 3. The van der Waals surface area contributed by atoms with E-state index in [1.807, 2.05) is 25.4 Å². The van der Waals surface area contributed by atoms with Gasteiger partial charge in [0.1, 0.15) is 0 Å². The van der Waals surface area contributed by atoms with E-state index < -0.39 is 0 Å². The highest BCUT2D eigenvalue weighted by atomic mass is 15.1. The summed E-state index contributed by atoms with van der Waals surface area (Å²) in [5.74, 6) is 0. The smallest absolute Gasteiger partial charge is 0.0608 e. The summed E-state index contributed by atoms with van der Waals surface area (Å²) < 4.78 is 0. The Labute approximate surface area is 101 Å². The van der Waals surface area contributed by atoms with Gasteiger partial charge in [0.2, 0.25) is 0 Å². The van der Waals surface area contributed by atoms with Crippen molar-refractivity contribution in [1.82, 2.24) is 20.5 Å². The molecule has 0 radical (unpaired) electrons. The predicted molar refractivity (Wildman–Crippen MR) is 66.5 cm³/mol. The molecule has 2 aromatic heterocycles. The number of rotatable bonds is 4. The minimum atomic E-state index is 0.128. The zero-order valence-corrected chi connectivity index (χ0v) is 10.1. The lowest BCUT2D eigenvalue weighted by atomic mass is 10.0. The third-order valence-corrected chi connectivity index (χ3v) is 2.58. The highest BCUT2D eigenvalue weighted by Crippen LogP contribution is 2.20. The van der Waals surface area contributed by atoms with Crippen LogP contribution >= 0.6 is 0 Å². The largest absolute Gasteiger partial charge is 0.306 e. The first-order valence-corrected chi connectivity index (χ1v) is 5.72. The molecule has 0 saturated heterocycles. The molecule has 1 atom stereocenters. The summed E-state index contributed by atoms with van der Waals surface area (Å²) in [5.41, 5.74) is 3.42. The van der Waals surface area contributed by atoms with Gasteiger partial charge in [0.05, 0.1) is 12.2 Å². The molecule has 4 heteroatoms. The van der Waals surface area contributed by atoms with E-state index in [0.717, 1.165) is 23.2 Å². The van der Waals surface area contributed by atoms with E-state index in [0.29, 0.717) is 0 Å². The van der Waals surface area contributed by atoms with Gasteiger partial charge in [-0.1, -0.05) is 13.0 Å². The van der Waals surface area contributed by atoms with Crippen LogP contribution in [0.2, 0.25) is 0 Å². The Kier molecular flexibility index (Phi) is 3.77. The number of nitrogens with one attached hydrogen (secondary N) is 1. The second-order valence-electron chi connectivity index (χ2n) is 3.96. The first-order valence-electron chi connectivity index (χ1n) is 5.72. The number of pyridine rings is 1. The molecule has 17 heavy (non-hydrogen) atoms. The molecule has 0 amide bonds. The van der Waals surface area contributed by atoms with E-state index in [1.165, 1.54) is 0 Å². The zero-order valence-electron chi connectivity index (χ0n) is 10.1. The van der Waals surface area contributed by atoms with Crippen molar-refractivity contribution < 1.29 is 0 Å². The monoisotopic (exact) mass is 228 g/mol. The van der Waals surface area contributed by atoms with Gasteiger partial charge >= 0.3 is 0 Å². The Bertz CT molecular complexity index is 470. The lowest BCUT2D eigenvalue weighted by Crippen LogP contribution is -2.22. The number of hydrogen-bond donors (Lipinski definition) is 1. The van der Waals surface area contributed by atoms with Crippen LogP contribution in [0.15, 0.2) is 36.9 Å². The van der Waals surface area contributed by atoms with Crippen LogP contribution in [0, 0.1) is 6.92 Å². The fourth-order valence-electron chi connectivity index (χ4n) is 1.84. The third kappa shape index (κ3) is 2.85. The topological polar surface area (TPSA) is 50.7 Å². The fourth-order valence-corrected chi connectivity index (χ4v) is 1.84. The standard InChI is InChI=1S/C13H16N4/c1-3-15-13(11-4-5-16-17-9-11)12-6-10(2)7-14-8-12/h4-9,13,15H,3H2,1-2H3. The molecule has 0 saturated carbocycles. The van der Waals surface area contributed by atoms with Crippen molar-refractivity contribution in [2.24, 2.45) is 0 Å². The summed E-state index contributed by atoms with van der Waals surface area (Å²) in [6.45, 7) is 5.02. The van der Waals surface area contributed by atoms with E-state index in [4.69, 9.17) is 0 Å². The normalized spacial score (nSPS) is 12.4. The SMILES string of the molecule is CCNC(c1ccnnc1)c1cncc(C)c1. The second-order valence-corrected chi connectivity index (χ2v) is 3.96. The summed E-state index contributed by atoms with van der Waals surface area (Å²) in [5, 5.41) is 11.2. The lowest BCUT2D eigenvalue weighted by Gasteiger charge is -2.18. The van der Waals surface area contributed by atoms with Crippen molar-refractivity contribution in [3.63, 3.8) is 0 Å². The molecule has 2 aromatic rings. The van der Waals surface area contributed by atoms with Crippen molar-refractivity contribution in [3.05, 3.63) is 53.6 Å². The maximum atomic E-state index is 4.24. The van der Waals surface area contributed by atoms with Gasteiger partial charge in [-0.25, -0.2) is 0 Å². The molecule has 0 aliphatic heterocycles. The van der Waals surface area contributed by atoms with E-state index >= 15 is 0 Å². The average molecular weight is 228 g/mol. The van der Waals surface area contributed by atoms with Crippen LogP contribution < -0.4 is 5.32 Å². The third-order valence-electron chi connectivity index (χ3n) is 2.58. The van der Waals surface area contributed by atoms with Crippen LogP contribution in [0.4, 0.5) is 0 Å². The number of nitrogens with zero attached hydrogens (tertiary/aromatic N) is 3. The molecule has 0 aliphatic carbocycles. The summed E-state index contributed by atoms with van der Waals surface area (Å²) in [7, 11) is 0. The first-order chi connectivity index (χ1) is 8.31. The quantitative estimate of drug-likeness (QED) is 0.868. The van der Waals surface area contributed by atoms with Gasteiger partial charge in [-0.3, -0.25) is 4.98 Å². The minimum absolute atomic E-state index is 0.128. The van der Waals surface area contributed by atoms with Gasteiger partial charge in [-0.05, 0) is 36.2 Å². The average Bonchev–Trinajstić information content (AvgIpc) is 2.37. The fraction of sp³-hybridized carbons (Fsp3) is 0.308. The van der Waals surface area contributed by atoms with Gasteiger partial charge in [0.25, 0.3) is 0 Å². The number of aryl methyl sites for hydroxylation is 1. The van der Waals surface area contributed by atoms with Crippen molar-refractivity contribution in [1.29, 1.82) is 0 Å². The van der Waals surface area contributed by atoms with Crippen molar-refractivity contribution >= 4 is 0 Å². The summed E-state index contributed by atoms with van der Waals surface area (Å²) in [6.07, 6.45) is 7.25. The lowest BCUT2D eigenvalue weighted by molar-refractivity contribution is 0.624. The molecule has 0 bridgehead atoms. The molecule has 0 aromatic carbocycles. The van der Waals surface area contributed by atoms with E-state index in [9.17, 15) is 0 Å². The van der Waals surface area contributed by atoms with Crippen LogP contribution in [0.1, 0.15) is 29.7 Å². The van der Waals surface area contributed by atoms with Gasteiger partial charge < -0.3 is 5.32 Å².